The number of halogens is 1. The summed E-state index contributed by atoms with van der Waals surface area (Å²) in [5.74, 6) is -0.228. The van der Waals surface area contributed by atoms with E-state index in [0.717, 1.165) is 35.9 Å². The Hall–Kier alpha value is -1.52. The lowest BCUT2D eigenvalue weighted by atomic mass is 9.89. The highest BCUT2D eigenvalue weighted by molar-refractivity contribution is 5.81. The molecule has 0 unspecified atom stereocenters. The molecule has 1 aromatic carbocycles. The number of nitrogens with zero attached hydrogens (tertiary/aromatic N) is 1. The van der Waals surface area contributed by atoms with Crippen LogP contribution in [0.1, 0.15) is 32.3 Å². The van der Waals surface area contributed by atoms with Gasteiger partial charge < -0.3 is 10.4 Å². The lowest BCUT2D eigenvalue weighted by molar-refractivity contribution is 0.148. The number of aliphatic hydroxyl groups is 1. The molecule has 4 heteroatoms. The van der Waals surface area contributed by atoms with Gasteiger partial charge in [-0.2, -0.15) is 0 Å². The molecule has 1 aromatic heterocycles. The molecule has 114 valence electrons. The van der Waals surface area contributed by atoms with Crippen LogP contribution >= 0.6 is 0 Å². The largest absolute Gasteiger partial charge is 0.396 e. The topological polar surface area (TPSA) is 45.1 Å². The van der Waals surface area contributed by atoms with Gasteiger partial charge in [-0.3, -0.25) is 4.98 Å². The molecule has 1 heterocycles. The molecule has 2 aromatic rings. The molecule has 0 fully saturated rings. The van der Waals surface area contributed by atoms with Gasteiger partial charge in [0.15, 0.2) is 0 Å². The van der Waals surface area contributed by atoms with Gasteiger partial charge in [-0.15, -0.1) is 0 Å². The highest BCUT2D eigenvalue weighted by Gasteiger charge is 2.15. The second-order valence-electron chi connectivity index (χ2n) is 6.24. The lowest BCUT2D eigenvalue weighted by Crippen LogP contribution is -2.21. The van der Waals surface area contributed by atoms with Gasteiger partial charge in [0.25, 0.3) is 0 Å². The van der Waals surface area contributed by atoms with Crippen molar-refractivity contribution in [3.05, 3.63) is 41.8 Å². The highest BCUT2D eigenvalue weighted by Crippen LogP contribution is 2.21. The third-order valence-corrected chi connectivity index (χ3v) is 3.70. The summed E-state index contributed by atoms with van der Waals surface area (Å²) in [6.45, 7) is 5.75. The second-order valence-corrected chi connectivity index (χ2v) is 6.24. The number of aliphatic hydroxyl groups excluding tert-OH is 1. The predicted octanol–water partition coefficient (Wildman–Crippen LogP) is 3.26. The molecule has 0 bridgehead atoms. The van der Waals surface area contributed by atoms with Crippen molar-refractivity contribution in [1.29, 1.82) is 0 Å². The number of aromatic nitrogens is 1. The minimum atomic E-state index is -0.228. The molecule has 3 nitrogen and oxygen atoms in total. The summed E-state index contributed by atoms with van der Waals surface area (Å²) in [7, 11) is 0. The summed E-state index contributed by atoms with van der Waals surface area (Å²) in [6.07, 6.45) is 3.67. The SMILES string of the molecule is CC(C)(CO)CCCNCc1cc(F)cc2cccnc12. The number of benzene rings is 1. The van der Waals surface area contributed by atoms with Gasteiger partial charge in [0.05, 0.1) is 5.52 Å². The summed E-state index contributed by atoms with van der Waals surface area (Å²) in [5, 5.41) is 13.4. The molecule has 0 amide bonds. The number of rotatable bonds is 7. The molecule has 0 atom stereocenters. The maximum atomic E-state index is 13.6. The maximum Gasteiger partial charge on any atom is 0.124 e. The Morgan fingerprint density at radius 3 is 2.90 bits per heavy atom. The van der Waals surface area contributed by atoms with Crippen molar-refractivity contribution in [2.45, 2.75) is 33.2 Å². The summed E-state index contributed by atoms with van der Waals surface area (Å²) >= 11 is 0. The molecular weight excluding hydrogens is 267 g/mol. The van der Waals surface area contributed by atoms with Crippen molar-refractivity contribution in [2.24, 2.45) is 5.41 Å². The van der Waals surface area contributed by atoms with Gasteiger partial charge in [-0.25, -0.2) is 4.39 Å². The smallest absolute Gasteiger partial charge is 0.124 e. The number of pyridine rings is 1. The van der Waals surface area contributed by atoms with Gasteiger partial charge in [0, 0.05) is 24.7 Å². The van der Waals surface area contributed by atoms with E-state index in [4.69, 9.17) is 0 Å². The number of fused-ring (bicyclic) bond motifs is 1. The molecule has 0 aliphatic rings. The first-order valence-corrected chi connectivity index (χ1v) is 7.36. The van der Waals surface area contributed by atoms with Crippen LogP contribution < -0.4 is 5.32 Å². The van der Waals surface area contributed by atoms with E-state index in [1.807, 2.05) is 12.1 Å². The number of hydrogen-bond donors (Lipinski definition) is 2. The Morgan fingerprint density at radius 1 is 1.33 bits per heavy atom. The Kier molecular flexibility index (Phi) is 5.26. The van der Waals surface area contributed by atoms with Crippen LogP contribution in [0.15, 0.2) is 30.5 Å². The maximum absolute atomic E-state index is 13.6. The van der Waals surface area contributed by atoms with Gasteiger partial charge in [-0.05, 0) is 48.6 Å². The van der Waals surface area contributed by atoms with Gasteiger partial charge in [0.1, 0.15) is 5.82 Å². The van der Waals surface area contributed by atoms with E-state index in [1.54, 1.807) is 12.3 Å². The number of hydrogen-bond acceptors (Lipinski definition) is 3. The van der Waals surface area contributed by atoms with E-state index in [-0.39, 0.29) is 17.8 Å². The van der Waals surface area contributed by atoms with Gasteiger partial charge in [0.2, 0.25) is 0 Å². The Morgan fingerprint density at radius 2 is 2.14 bits per heavy atom. The van der Waals surface area contributed by atoms with Crippen LogP contribution in [0, 0.1) is 11.2 Å². The van der Waals surface area contributed by atoms with Gasteiger partial charge in [-0.1, -0.05) is 19.9 Å². The van der Waals surface area contributed by atoms with Crippen LogP contribution in [-0.2, 0) is 6.54 Å². The van der Waals surface area contributed by atoms with Crippen LogP contribution in [0.25, 0.3) is 10.9 Å². The molecule has 0 radical (unpaired) electrons. The van der Waals surface area contributed by atoms with Crippen molar-refractivity contribution in [1.82, 2.24) is 10.3 Å². The molecular formula is C17H23FN2O. The predicted molar refractivity (Wildman–Crippen MR) is 83.5 cm³/mol. The van der Waals surface area contributed by atoms with Crippen molar-refractivity contribution < 1.29 is 9.50 Å². The molecule has 0 aliphatic heterocycles. The monoisotopic (exact) mass is 290 g/mol. The normalized spacial score (nSPS) is 12.0. The molecule has 0 saturated carbocycles. The Balaban J connectivity index is 1.92. The van der Waals surface area contributed by atoms with E-state index in [9.17, 15) is 9.50 Å². The fourth-order valence-electron chi connectivity index (χ4n) is 2.36. The number of nitrogens with one attached hydrogen (secondary N) is 1. The summed E-state index contributed by atoms with van der Waals surface area (Å²) in [5.41, 5.74) is 1.70. The van der Waals surface area contributed by atoms with Crippen molar-refractivity contribution >= 4 is 10.9 Å². The fourth-order valence-corrected chi connectivity index (χ4v) is 2.36. The zero-order valence-corrected chi connectivity index (χ0v) is 12.7. The molecule has 21 heavy (non-hydrogen) atoms. The zero-order valence-electron chi connectivity index (χ0n) is 12.7. The second kappa shape index (κ2) is 6.96. The molecule has 0 spiro atoms. The highest BCUT2D eigenvalue weighted by atomic mass is 19.1. The van der Waals surface area contributed by atoms with Crippen LogP contribution in [0.3, 0.4) is 0 Å². The molecule has 2 N–H and O–H groups in total. The molecule has 0 saturated heterocycles. The third-order valence-electron chi connectivity index (χ3n) is 3.70. The van der Waals surface area contributed by atoms with E-state index >= 15 is 0 Å². The summed E-state index contributed by atoms with van der Waals surface area (Å²) in [4.78, 5) is 4.33. The lowest BCUT2D eigenvalue weighted by Gasteiger charge is -2.21. The zero-order chi connectivity index (χ0) is 15.3. The van der Waals surface area contributed by atoms with E-state index in [1.165, 1.54) is 6.07 Å². The molecule has 2 rings (SSSR count). The average Bonchev–Trinajstić information content (AvgIpc) is 2.46. The van der Waals surface area contributed by atoms with E-state index in [2.05, 4.69) is 24.1 Å². The third kappa shape index (κ3) is 4.48. The minimum Gasteiger partial charge on any atom is -0.396 e. The Labute approximate surface area is 125 Å². The molecule has 0 aliphatic carbocycles. The first-order valence-electron chi connectivity index (χ1n) is 7.36. The van der Waals surface area contributed by atoms with E-state index < -0.39 is 0 Å². The standard InChI is InChI=1S/C17H23FN2O/c1-17(2,12-21)6-4-7-19-11-14-10-15(18)9-13-5-3-8-20-16(13)14/h3,5,8-10,19,21H,4,6-7,11-12H2,1-2H3. The first kappa shape index (κ1) is 15.9. The fraction of sp³-hybridized carbons (Fsp3) is 0.471. The van der Waals surface area contributed by atoms with Crippen LogP contribution in [0.4, 0.5) is 4.39 Å². The van der Waals surface area contributed by atoms with Crippen molar-refractivity contribution in [2.75, 3.05) is 13.2 Å². The van der Waals surface area contributed by atoms with Crippen LogP contribution in [0.2, 0.25) is 0 Å². The van der Waals surface area contributed by atoms with Gasteiger partial charge >= 0.3 is 0 Å². The average molecular weight is 290 g/mol. The first-order chi connectivity index (χ1) is 10.0. The Bertz CT molecular complexity index is 598. The quantitative estimate of drug-likeness (QED) is 0.769. The summed E-state index contributed by atoms with van der Waals surface area (Å²) in [6, 6.07) is 6.74. The minimum absolute atomic E-state index is 0.0329. The van der Waals surface area contributed by atoms with Crippen molar-refractivity contribution in [3.63, 3.8) is 0 Å². The van der Waals surface area contributed by atoms with E-state index in [0.29, 0.717) is 6.54 Å². The summed E-state index contributed by atoms with van der Waals surface area (Å²) < 4.78 is 13.6. The van der Waals surface area contributed by atoms with Crippen LogP contribution in [0.5, 0.6) is 0 Å². The van der Waals surface area contributed by atoms with Crippen LogP contribution in [-0.4, -0.2) is 23.2 Å². The van der Waals surface area contributed by atoms with Crippen molar-refractivity contribution in [3.8, 4) is 0 Å².